The van der Waals surface area contributed by atoms with Crippen molar-refractivity contribution in [1.29, 1.82) is 0 Å². The van der Waals surface area contributed by atoms with Gasteiger partial charge >= 0.3 is 0 Å². The quantitative estimate of drug-likeness (QED) is 0.729. The maximum Gasteiger partial charge on any atom is 0.251 e. The van der Waals surface area contributed by atoms with E-state index in [2.05, 4.69) is 12.2 Å². The van der Waals surface area contributed by atoms with Crippen LogP contribution in [0.3, 0.4) is 0 Å². The van der Waals surface area contributed by atoms with Crippen LogP contribution in [-0.4, -0.2) is 24.7 Å². The topological polar surface area (TPSA) is 41.6 Å². The molecule has 16 heavy (non-hydrogen) atoms. The summed E-state index contributed by atoms with van der Waals surface area (Å²) >= 11 is 0. The monoisotopic (exact) mass is 225 g/mol. The molecule has 92 valence electrons. The number of rotatable bonds is 5. The summed E-state index contributed by atoms with van der Waals surface area (Å²) in [6.45, 7) is 2.98. The van der Waals surface area contributed by atoms with Gasteiger partial charge in [-0.2, -0.15) is 0 Å². The molecule has 0 aromatic rings. The predicted octanol–water partition coefficient (Wildman–Crippen LogP) is 2.25. The highest BCUT2D eigenvalue weighted by Gasteiger charge is 2.43. The number of ether oxygens (including phenoxy) is 1. The molecular formula is C13H23NO2. The predicted molar refractivity (Wildman–Crippen MR) is 63.2 cm³/mol. The zero-order chi connectivity index (χ0) is 11.4. The molecule has 0 aromatic carbocycles. The third kappa shape index (κ3) is 3.21. The lowest BCUT2D eigenvalue weighted by atomic mass is 9.89. The summed E-state index contributed by atoms with van der Waals surface area (Å²) < 4.78 is 5.35. The largest absolute Gasteiger partial charge is 0.359 e. The molecule has 0 radical (unpaired) electrons. The van der Waals surface area contributed by atoms with Crippen molar-refractivity contribution in [2.45, 2.75) is 64.1 Å². The molecule has 1 saturated carbocycles. The maximum absolute atomic E-state index is 11.7. The Kier molecular flexibility index (Phi) is 4.22. The molecule has 1 aliphatic heterocycles. The third-order valence-corrected chi connectivity index (χ3v) is 3.70. The van der Waals surface area contributed by atoms with E-state index >= 15 is 0 Å². The summed E-state index contributed by atoms with van der Waals surface area (Å²) in [6, 6.07) is 0. The molecule has 0 aromatic heterocycles. The number of hydrogen-bond acceptors (Lipinski definition) is 2. The molecule has 1 N–H and O–H groups in total. The van der Waals surface area contributed by atoms with E-state index in [0.29, 0.717) is 5.92 Å². The molecule has 1 amide bonds. The molecular weight excluding hydrogens is 202 g/mol. The van der Waals surface area contributed by atoms with Gasteiger partial charge < -0.3 is 10.1 Å². The first-order valence-corrected chi connectivity index (χ1v) is 6.74. The Morgan fingerprint density at radius 1 is 1.31 bits per heavy atom. The van der Waals surface area contributed by atoms with E-state index in [1.807, 2.05) is 0 Å². The summed E-state index contributed by atoms with van der Waals surface area (Å²) in [6.07, 6.45) is 8.78. The second kappa shape index (κ2) is 5.67. The molecule has 2 unspecified atom stereocenters. The minimum absolute atomic E-state index is 0.115. The molecule has 2 fully saturated rings. The summed E-state index contributed by atoms with van der Waals surface area (Å²) in [5.41, 5.74) is 0. The lowest BCUT2D eigenvalue weighted by Gasteiger charge is -2.21. The van der Waals surface area contributed by atoms with Gasteiger partial charge in [0.25, 0.3) is 5.91 Å². The van der Waals surface area contributed by atoms with Crippen LogP contribution in [0.15, 0.2) is 0 Å². The Balaban J connectivity index is 1.61. The Morgan fingerprint density at radius 2 is 2.06 bits per heavy atom. The van der Waals surface area contributed by atoms with Crippen LogP contribution in [0, 0.1) is 5.92 Å². The van der Waals surface area contributed by atoms with E-state index in [9.17, 15) is 4.79 Å². The number of epoxide rings is 1. The van der Waals surface area contributed by atoms with Crippen LogP contribution in [0.1, 0.15) is 51.9 Å². The molecule has 1 aliphatic carbocycles. The maximum atomic E-state index is 11.7. The minimum Gasteiger partial charge on any atom is -0.359 e. The number of hydrogen-bond donors (Lipinski definition) is 1. The van der Waals surface area contributed by atoms with Crippen LogP contribution in [0.25, 0.3) is 0 Å². The van der Waals surface area contributed by atoms with Crippen LogP contribution in [0.2, 0.25) is 0 Å². The second-order valence-corrected chi connectivity index (χ2v) is 5.13. The second-order valence-electron chi connectivity index (χ2n) is 5.13. The fourth-order valence-corrected chi connectivity index (χ4v) is 2.61. The molecule has 3 heteroatoms. The Hall–Kier alpha value is -0.570. The van der Waals surface area contributed by atoms with E-state index in [1.54, 1.807) is 0 Å². The van der Waals surface area contributed by atoms with Gasteiger partial charge in [0.15, 0.2) is 6.10 Å². The van der Waals surface area contributed by atoms with Gasteiger partial charge in [0.1, 0.15) is 0 Å². The van der Waals surface area contributed by atoms with Gasteiger partial charge in [0.2, 0.25) is 0 Å². The van der Waals surface area contributed by atoms with Crippen molar-refractivity contribution in [2.75, 3.05) is 6.54 Å². The summed E-state index contributed by atoms with van der Waals surface area (Å²) in [4.78, 5) is 11.7. The van der Waals surface area contributed by atoms with Crippen LogP contribution in [0.5, 0.6) is 0 Å². The van der Waals surface area contributed by atoms with E-state index in [4.69, 9.17) is 4.74 Å². The van der Waals surface area contributed by atoms with Gasteiger partial charge in [-0.05, 0) is 25.2 Å². The summed E-state index contributed by atoms with van der Waals surface area (Å²) in [5, 5.41) is 3.04. The lowest BCUT2D eigenvalue weighted by molar-refractivity contribution is -0.122. The number of nitrogens with one attached hydrogen (secondary N) is 1. The molecule has 2 atom stereocenters. The fourth-order valence-electron chi connectivity index (χ4n) is 2.61. The molecule has 2 aliphatic rings. The highest BCUT2D eigenvalue weighted by Crippen LogP contribution is 2.27. The molecule has 1 saturated heterocycles. The lowest BCUT2D eigenvalue weighted by Crippen LogP contribution is -2.34. The van der Waals surface area contributed by atoms with E-state index < -0.39 is 0 Å². The molecule has 1 heterocycles. The van der Waals surface area contributed by atoms with Gasteiger partial charge in [0.05, 0.1) is 6.10 Å². The van der Waals surface area contributed by atoms with Gasteiger partial charge in [0, 0.05) is 6.54 Å². The normalized spacial score (nSPS) is 30.1. The van der Waals surface area contributed by atoms with Crippen LogP contribution in [-0.2, 0) is 9.53 Å². The van der Waals surface area contributed by atoms with E-state index in [-0.39, 0.29) is 18.1 Å². The van der Waals surface area contributed by atoms with Gasteiger partial charge in [-0.15, -0.1) is 0 Å². The highest BCUT2D eigenvalue weighted by molar-refractivity contribution is 5.83. The zero-order valence-corrected chi connectivity index (χ0v) is 10.2. The van der Waals surface area contributed by atoms with E-state index in [1.165, 1.54) is 32.1 Å². The van der Waals surface area contributed by atoms with Crippen molar-refractivity contribution in [3.63, 3.8) is 0 Å². The van der Waals surface area contributed by atoms with Crippen LogP contribution >= 0.6 is 0 Å². The van der Waals surface area contributed by atoms with Crippen molar-refractivity contribution >= 4 is 5.91 Å². The van der Waals surface area contributed by atoms with Gasteiger partial charge in [-0.25, -0.2) is 0 Å². The Bertz CT molecular complexity index is 236. The van der Waals surface area contributed by atoms with Crippen LogP contribution in [0.4, 0.5) is 0 Å². The molecule has 0 spiro atoms. The van der Waals surface area contributed by atoms with Crippen LogP contribution < -0.4 is 5.32 Å². The third-order valence-electron chi connectivity index (χ3n) is 3.70. The number of carbonyl (C=O) groups is 1. The van der Waals surface area contributed by atoms with Crippen molar-refractivity contribution in [3.05, 3.63) is 0 Å². The van der Waals surface area contributed by atoms with Crippen molar-refractivity contribution < 1.29 is 9.53 Å². The average Bonchev–Trinajstić information content (AvgIpc) is 3.07. The minimum atomic E-state index is -0.136. The summed E-state index contributed by atoms with van der Waals surface area (Å²) in [7, 11) is 0. The first kappa shape index (κ1) is 11.9. The Labute approximate surface area is 97.9 Å². The van der Waals surface area contributed by atoms with Crippen molar-refractivity contribution in [1.82, 2.24) is 5.32 Å². The average molecular weight is 225 g/mol. The van der Waals surface area contributed by atoms with E-state index in [0.717, 1.165) is 19.4 Å². The van der Waals surface area contributed by atoms with Gasteiger partial charge in [-0.3, -0.25) is 4.79 Å². The number of amides is 1. The molecule has 0 bridgehead atoms. The fraction of sp³-hybridized carbons (Fsp3) is 0.923. The molecule has 3 nitrogen and oxygen atoms in total. The van der Waals surface area contributed by atoms with Crippen molar-refractivity contribution in [3.8, 4) is 0 Å². The highest BCUT2D eigenvalue weighted by atomic mass is 16.6. The first-order chi connectivity index (χ1) is 7.81. The summed E-state index contributed by atoms with van der Waals surface area (Å²) in [5.74, 6) is 0.824. The SMILES string of the molecule is CCCC1OC1C(=O)NCC1CCCCC1. The number of carbonyl (C=O) groups excluding carboxylic acids is 1. The first-order valence-electron chi connectivity index (χ1n) is 6.74. The Morgan fingerprint density at radius 3 is 2.75 bits per heavy atom. The van der Waals surface area contributed by atoms with Gasteiger partial charge in [-0.1, -0.05) is 32.6 Å². The molecule has 2 rings (SSSR count). The standard InChI is InChI=1S/C13H23NO2/c1-2-6-11-12(16-11)13(15)14-9-10-7-4-3-5-8-10/h10-12H,2-9H2,1H3,(H,14,15). The smallest absolute Gasteiger partial charge is 0.251 e. The zero-order valence-electron chi connectivity index (χ0n) is 10.2. The van der Waals surface area contributed by atoms with Crippen molar-refractivity contribution in [2.24, 2.45) is 5.92 Å².